The first-order valence-corrected chi connectivity index (χ1v) is 4.43. The number of hydrogen-bond donors (Lipinski definition) is 1. The number of fused-ring (bicyclic) bond motifs is 1. The fourth-order valence-electron chi connectivity index (χ4n) is 1.20. The first-order chi connectivity index (χ1) is 5.68. The van der Waals surface area contributed by atoms with Crippen LogP contribution in [-0.4, -0.2) is 5.11 Å². The van der Waals surface area contributed by atoms with E-state index in [9.17, 15) is 4.39 Å². The van der Waals surface area contributed by atoms with Crippen LogP contribution in [0.2, 0.25) is 0 Å². The molecule has 12 heavy (non-hydrogen) atoms. The standard InChI is InChI=1S/C9H7FOS/c1-5-4-12-9-7(5)2-6(11)3-8(9)10/h2-4,11H,1H3. The zero-order valence-electron chi connectivity index (χ0n) is 6.47. The van der Waals surface area contributed by atoms with Gasteiger partial charge in [-0.2, -0.15) is 0 Å². The molecule has 0 fully saturated rings. The van der Waals surface area contributed by atoms with Crippen molar-refractivity contribution in [1.82, 2.24) is 0 Å². The predicted molar refractivity (Wildman–Crippen MR) is 48.2 cm³/mol. The first-order valence-electron chi connectivity index (χ1n) is 3.55. The topological polar surface area (TPSA) is 20.2 Å². The summed E-state index contributed by atoms with van der Waals surface area (Å²) in [4.78, 5) is 0. The Morgan fingerprint density at radius 2 is 2.17 bits per heavy atom. The third-order valence-corrected chi connectivity index (χ3v) is 2.93. The van der Waals surface area contributed by atoms with Crippen molar-refractivity contribution in [3.63, 3.8) is 0 Å². The second kappa shape index (κ2) is 2.45. The van der Waals surface area contributed by atoms with Gasteiger partial charge in [0.1, 0.15) is 11.6 Å². The fourth-order valence-corrected chi connectivity index (χ4v) is 2.14. The SMILES string of the molecule is Cc1csc2c(F)cc(O)cc12. The predicted octanol–water partition coefficient (Wildman–Crippen LogP) is 3.05. The monoisotopic (exact) mass is 182 g/mol. The zero-order valence-corrected chi connectivity index (χ0v) is 7.28. The summed E-state index contributed by atoms with van der Waals surface area (Å²) in [6, 6.07) is 2.72. The molecule has 0 saturated carbocycles. The van der Waals surface area contributed by atoms with Gasteiger partial charge in [-0.25, -0.2) is 4.39 Å². The van der Waals surface area contributed by atoms with E-state index >= 15 is 0 Å². The fraction of sp³-hybridized carbons (Fsp3) is 0.111. The highest BCUT2D eigenvalue weighted by Crippen LogP contribution is 2.30. The van der Waals surface area contributed by atoms with Crippen LogP contribution < -0.4 is 0 Å². The van der Waals surface area contributed by atoms with Crippen LogP contribution in [0.25, 0.3) is 10.1 Å². The van der Waals surface area contributed by atoms with Crippen LogP contribution >= 0.6 is 11.3 Å². The van der Waals surface area contributed by atoms with Crippen LogP contribution in [-0.2, 0) is 0 Å². The van der Waals surface area contributed by atoms with Crippen LogP contribution in [0, 0.1) is 12.7 Å². The van der Waals surface area contributed by atoms with E-state index in [-0.39, 0.29) is 11.6 Å². The number of rotatable bonds is 0. The van der Waals surface area contributed by atoms with E-state index in [1.54, 1.807) is 6.07 Å². The summed E-state index contributed by atoms with van der Waals surface area (Å²) in [5.74, 6) is -0.357. The molecule has 0 saturated heterocycles. The van der Waals surface area contributed by atoms with Crippen LogP contribution in [0.1, 0.15) is 5.56 Å². The molecule has 2 rings (SSSR count). The number of halogens is 1. The summed E-state index contributed by atoms with van der Waals surface area (Å²) >= 11 is 1.36. The molecule has 3 heteroatoms. The van der Waals surface area contributed by atoms with Crippen LogP contribution in [0.15, 0.2) is 17.5 Å². The summed E-state index contributed by atoms with van der Waals surface area (Å²) in [6.07, 6.45) is 0. The molecule has 2 aromatic rings. The molecular formula is C9H7FOS. The normalized spacial score (nSPS) is 10.8. The lowest BCUT2D eigenvalue weighted by atomic mass is 10.2. The summed E-state index contributed by atoms with van der Waals surface area (Å²) in [5, 5.41) is 11.8. The highest BCUT2D eigenvalue weighted by molar-refractivity contribution is 7.17. The van der Waals surface area contributed by atoms with E-state index in [4.69, 9.17) is 5.11 Å². The van der Waals surface area contributed by atoms with Crippen molar-refractivity contribution < 1.29 is 9.50 Å². The van der Waals surface area contributed by atoms with Crippen molar-refractivity contribution in [2.75, 3.05) is 0 Å². The van der Waals surface area contributed by atoms with Crippen LogP contribution in [0.5, 0.6) is 5.75 Å². The molecule has 1 aromatic heterocycles. The average molecular weight is 182 g/mol. The van der Waals surface area contributed by atoms with E-state index < -0.39 is 0 Å². The largest absolute Gasteiger partial charge is 0.508 e. The van der Waals surface area contributed by atoms with Gasteiger partial charge in [-0.3, -0.25) is 0 Å². The molecule has 0 aliphatic heterocycles. The van der Waals surface area contributed by atoms with Gasteiger partial charge in [0, 0.05) is 11.5 Å². The molecule has 62 valence electrons. The molecule has 0 atom stereocenters. The lowest BCUT2D eigenvalue weighted by molar-refractivity contribution is 0.471. The van der Waals surface area contributed by atoms with Gasteiger partial charge in [-0.05, 0) is 23.9 Å². The minimum absolute atomic E-state index is 0.0125. The Balaban J connectivity index is 2.92. The molecule has 0 aliphatic rings. The molecule has 0 spiro atoms. The Kier molecular flexibility index (Phi) is 1.54. The minimum atomic E-state index is -0.344. The first kappa shape index (κ1) is 7.55. The van der Waals surface area contributed by atoms with Gasteiger partial charge < -0.3 is 5.11 Å². The lowest BCUT2D eigenvalue weighted by Crippen LogP contribution is -1.74. The van der Waals surface area contributed by atoms with E-state index in [2.05, 4.69) is 0 Å². The molecular weight excluding hydrogens is 175 g/mol. The van der Waals surface area contributed by atoms with Gasteiger partial charge in [-0.1, -0.05) is 0 Å². The van der Waals surface area contributed by atoms with Crippen molar-refractivity contribution in [3.8, 4) is 5.75 Å². The Hall–Kier alpha value is -1.09. The van der Waals surface area contributed by atoms with Gasteiger partial charge in [0.2, 0.25) is 0 Å². The maximum absolute atomic E-state index is 13.1. The summed E-state index contributed by atoms with van der Waals surface area (Å²) in [5.41, 5.74) is 1.00. The number of hydrogen-bond acceptors (Lipinski definition) is 2. The van der Waals surface area contributed by atoms with Gasteiger partial charge in [-0.15, -0.1) is 11.3 Å². The van der Waals surface area contributed by atoms with Crippen LogP contribution in [0.3, 0.4) is 0 Å². The number of thiophene rings is 1. The van der Waals surface area contributed by atoms with Crippen molar-refractivity contribution >= 4 is 21.4 Å². The Bertz CT molecular complexity index is 433. The Labute approximate surface area is 73.1 Å². The molecule has 1 aromatic carbocycles. The molecule has 1 heterocycles. The molecule has 1 N–H and O–H groups in total. The zero-order chi connectivity index (χ0) is 8.72. The van der Waals surface area contributed by atoms with Gasteiger partial charge in [0.25, 0.3) is 0 Å². The smallest absolute Gasteiger partial charge is 0.144 e. The molecule has 1 nitrogen and oxygen atoms in total. The van der Waals surface area contributed by atoms with Crippen molar-refractivity contribution in [2.45, 2.75) is 6.92 Å². The van der Waals surface area contributed by atoms with Gasteiger partial charge in [0.15, 0.2) is 0 Å². The number of aromatic hydroxyl groups is 1. The van der Waals surface area contributed by atoms with E-state index in [1.165, 1.54) is 11.3 Å². The van der Waals surface area contributed by atoms with E-state index in [1.807, 2.05) is 12.3 Å². The number of phenolic OH excluding ortho intramolecular Hbond substituents is 1. The summed E-state index contributed by atoms with van der Waals surface area (Å²) < 4.78 is 13.7. The number of benzene rings is 1. The molecule has 0 aliphatic carbocycles. The highest BCUT2D eigenvalue weighted by atomic mass is 32.1. The molecule has 0 bridgehead atoms. The van der Waals surface area contributed by atoms with Gasteiger partial charge >= 0.3 is 0 Å². The summed E-state index contributed by atoms with van der Waals surface area (Å²) in [7, 11) is 0. The van der Waals surface area contributed by atoms with Crippen molar-refractivity contribution in [2.24, 2.45) is 0 Å². The molecule has 0 amide bonds. The third-order valence-electron chi connectivity index (χ3n) is 1.81. The maximum atomic E-state index is 13.1. The number of phenols is 1. The molecule has 0 radical (unpaired) electrons. The van der Waals surface area contributed by atoms with E-state index in [0.717, 1.165) is 17.0 Å². The second-order valence-corrected chi connectivity index (χ2v) is 3.60. The Morgan fingerprint density at radius 1 is 1.42 bits per heavy atom. The quantitative estimate of drug-likeness (QED) is 0.663. The number of aryl methyl sites for hydroxylation is 1. The van der Waals surface area contributed by atoms with Crippen molar-refractivity contribution in [3.05, 3.63) is 28.9 Å². The highest BCUT2D eigenvalue weighted by Gasteiger charge is 2.06. The summed E-state index contributed by atoms with van der Waals surface area (Å²) in [6.45, 7) is 1.90. The van der Waals surface area contributed by atoms with E-state index in [0.29, 0.717) is 4.70 Å². The molecule has 0 unspecified atom stereocenters. The second-order valence-electron chi connectivity index (χ2n) is 2.72. The third kappa shape index (κ3) is 0.975. The lowest BCUT2D eigenvalue weighted by Gasteiger charge is -1.95. The Morgan fingerprint density at radius 3 is 2.92 bits per heavy atom. The maximum Gasteiger partial charge on any atom is 0.144 e. The average Bonchev–Trinajstić information content (AvgIpc) is 2.33. The minimum Gasteiger partial charge on any atom is -0.508 e. The van der Waals surface area contributed by atoms with Crippen LogP contribution in [0.4, 0.5) is 4.39 Å². The van der Waals surface area contributed by atoms with Crippen molar-refractivity contribution in [1.29, 1.82) is 0 Å². The van der Waals surface area contributed by atoms with Gasteiger partial charge in [0.05, 0.1) is 4.70 Å².